The van der Waals surface area contributed by atoms with E-state index in [1.165, 1.54) is 0 Å². The van der Waals surface area contributed by atoms with Crippen LogP contribution < -0.4 is 10.2 Å². The van der Waals surface area contributed by atoms with Crippen molar-refractivity contribution in [1.29, 1.82) is 0 Å². The van der Waals surface area contributed by atoms with Crippen LogP contribution in [0.1, 0.15) is 38.2 Å². The summed E-state index contributed by atoms with van der Waals surface area (Å²) in [5.41, 5.74) is 1.000. The van der Waals surface area contributed by atoms with Crippen LogP contribution in [-0.2, 0) is 4.79 Å². The SMILES string of the molecule is CNCC(C)C(=O)N1CCN(c2cc(C)nc(C(C)C)n2)CC1.Cl.Cl. The second-order valence-electron chi connectivity index (χ2n) is 6.65. The zero-order valence-electron chi connectivity index (χ0n) is 15.8. The minimum Gasteiger partial charge on any atom is -0.353 e. The van der Waals surface area contributed by atoms with Crippen LogP contribution in [0.2, 0.25) is 0 Å². The van der Waals surface area contributed by atoms with Gasteiger partial charge in [-0.15, -0.1) is 24.8 Å². The van der Waals surface area contributed by atoms with Gasteiger partial charge in [0.05, 0.1) is 0 Å². The molecule has 0 aliphatic carbocycles. The molecule has 1 amide bonds. The summed E-state index contributed by atoms with van der Waals surface area (Å²) in [6.07, 6.45) is 0. The lowest BCUT2D eigenvalue weighted by Crippen LogP contribution is -2.51. The predicted molar refractivity (Wildman–Crippen MR) is 107 cm³/mol. The Balaban J connectivity index is 0.00000288. The fraction of sp³-hybridized carbons (Fsp3) is 0.706. The highest BCUT2D eigenvalue weighted by molar-refractivity contribution is 5.85. The number of aromatic nitrogens is 2. The summed E-state index contributed by atoms with van der Waals surface area (Å²) in [5.74, 6) is 2.46. The van der Waals surface area contributed by atoms with E-state index in [2.05, 4.69) is 29.0 Å². The number of piperazine rings is 1. The van der Waals surface area contributed by atoms with Gasteiger partial charge in [0.15, 0.2) is 0 Å². The van der Waals surface area contributed by atoms with Crippen molar-refractivity contribution >= 4 is 36.5 Å². The Bertz CT molecular complexity index is 548. The molecule has 1 atom stereocenters. The Kier molecular flexibility index (Phi) is 10.3. The third kappa shape index (κ3) is 6.28. The quantitative estimate of drug-likeness (QED) is 0.833. The Morgan fingerprint density at radius 1 is 1.16 bits per heavy atom. The maximum Gasteiger partial charge on any atom is 0.226 e. The number of carbonyl (C=O) groups is 1. The van der Waals surface area contributed by atoms with Gasteiger partial charge in [-0.25, -0.2) is 9.97 Å². The summed E-state index contributed by atoms with van der Waals surface area (Å²) in [6, 6.07) is 2.03. The molecule has 0 aromatic carbocycles. The average molecular weight is 392 g/mol. The number of aryl methyl sites for hydroxylation is 1. The smallest absolute Gasteiger partial charge is 0.226 e. The number of hydrogen-bond acceptors (Lipinski definition) is 5. The summed E-state index contributed by atoms with van der Waals surface area (Å²) in [7, 11) is 1.88. The standard InChI is InChI=1S/C17H29N5O.2ClH/c1-12(2)16-19-14(4)10-15(20-16)21-6-8-22(9-7-21)17(23)13(3)11-18-5;;/h10,12-13,18H,6-9,11H2,1-5H3;2*1H. The van der Waals surface area contributed by atoms with E-state index in [1.807, 2.05) is 31.9 Å². The van der Waals surface area contributed by atoms with Crippen LogP contribution in [0.4, 0.5) is 5.82 Å². The van der Waals surface area contributed by atoms with Gasteiger partial charge in [0, 0.05) is 56.3 Å². The fourth-order valence-corrected chi connectivity index (χ4v) is 2.86. The van der Waals surface area contributed by atoms with Crippen molar-refractivity contribution in [3.63, 3.8) is 0 Å². The van der Waals surface area contributed by atoms with Gasteiger partial charge in [-0.3, -0.25) is 4.79 Å². The van der Waals surface area contributed by atoms with Gasteiger partial charge in [-0.1, -0.05) is 20.8 Å². The molecule has 25 heavy (non-hydrogen) atoms. The number of rotatable bonds is 5. The Hall–Kier alpha value is -1.11. The first-order chi connectivity index (χ1) is 10.9. The van der Waals surface area contributed by atoms with Gasteiger partial charge < -0.3 is 15.1 Å². The third-order valence-electron chi connectivity index (χ3n) is 4.22. The normalized spacial score (nSPS) is 15.4. The molecular formula is C17H31Cl2N5O. The first-order valence-electron chi connectivity index (χ1n) is 8.46. The molecule has 1 N–H and O–H groups in total. The molecule has 1 aliphatic heterocycles. The molecule has 1 fully saturated rings. The summed E-state index contributed by atoms with van der Waals surface area (Å²) >= 11 is 0. The highest BCUT2D eigenvalue weighted by Gasteiger charge is 2.25. The number of nitrogens with zero attached hydrogens (tertiary/aromatic N) is 4. The van der Waals surface area contributed by atoms with Gasteiger partial charge in [0.25, 0.3) is 0 Å². The molecular weight excluding hydrogens is 361 g/mol. The summed E-state index contributed by atoms with van der Waals surface area (Å²) in [6.45, 7) is 12.1. The van der Waals surface area contributed by atoms with Crippen molar-refractivity contribution in [2.75, 3.05) is 44.7 Å². The van der Waals surface area contributed by atoms with Gasteiger partial charge in [-0.05, 0) is 14.0 Å². The van der Waals surface area contributed by atoms with E-state index in [0.29, 0.717) is 5.92 Å². The molecule has 1 aliphatic rings. The highest BCUT2D eigenvalue weighted by Crippen LogP contribution is 2.19. The fourth-order valence-electron chi connectivity index (χ4n) is 2.86. The van der Waals surface area contributed by atoms with Gasteiger partial charge in [0.2, 0.25) is 5.91 Å². The van der Waals surface area contributed by atoms with Gasteiger partial charge in [0.1, 0.15) is 11.6 Å². The maximum atomic E-state index is 12.4. The molecule has 1 unspecified atom stereocenters. The number of carbonyl (C=O) groups excluding carboxylic acids is 1. The summed E-state index contributed by atoms with van der Waals surface area (Å²) in [4.78, 5) is 25.8. The monoisotopic (exact) mass is 391 g/mol. The Morgan fingerprint density at radius 3 is 2.28 bits per heavy atom. The first kappa shape index (κ1) is 23.9. The molecule has 1 aromatic heterocycles. The first-order valence-corrected chi connectivity index (χ1v) is 8.46. The number of hydrogen-bond donors (Lipinski definition) is 1. The van der Waals surface area contributed by atoms with Crippen molar-refractivity contribution in [3.05, 3.63) is 17.6 Å². The Morgan fingerprint density at radius 2 is 1.76 bits per heavy atom. The largest absolute Gasteiger partial charge is 0.353 e. The molecule has 0 bridgehead atoms. The van der Waals surface area contributed by atoms with Crippen LogP contribution >= 0.6 is 24.8 Å². The van der Waals surface area contributed by atoms with Gasteiger partial charge in [-0.2, -0.15) is 0 Å². The van der Waals surface area contributed by atoms with Crippen LogP contribution in [-0.4, -0.2) is 60.5 Å². The molecule has 2 rings (SSSR count). The average Bonchev–Trinajstić information content (AvgIpc) is 2.54. The van der Waals surface area contributed by atoms with Crippen LogP contribution in [0, 0.1) is 12.8 Å². The lowest BCUT2D eigenvalue weighted by Gasteiger charge is -2.36. The maximum absolute atomic E-state index is 12.4. The molecule has 0 radical (unpaired) electrons. The predicted octanol–water partition coefficient (Wildman–Crippen LogP) is 2.26. The number of nitrogens with one attached hydrogen (secondary N) is 1. The summed E-state index contributed by atoms with van der Waals surface area (Å²) in [5, 5.41) is 3.07. The van der Waals surface area contributed by atoms with Crippen LogP contribution in [0.15, 0.2) is 6.07 Å². The van der Waals surface area contributed by atoms with E-state index in [0.717, 1.165) is 50.1 Å². The van der Waals surface area contributed by atoms with E-state index in [4.69, 9.17) is 4.98 Å². The van der Waals surface area contributed by atoms with Crippen molar-refractivity contribution < 1.29 is 4.79 Å². The minimum atomic E-state index is 0. The zero-order valence-corrected chi connectivity index (χ0v) is 17.4. The van der Waals surface area contributed by atoms with E-state index in [1.54, 1.807) is 0 Å². The van der Waals surface area contributed by atoms with E-state index >= 15 is 0 Å². The molecule has 2 heterocycles. The second-order valence-corrected chi connectivity index (χ2v) is 6.65. The zero-order chi connectivity index (χ0) is 17.0. The topological polar surface area (TPSA) is 61.4 Å². The number of halogens is 2. The van der Waals surface area contributed by atoms with Gasteiger partial charge >= 0.3 is 0 Å². The molecule has 8 heteroatoms. The number of amides is 1. The minimum absolute atomic E-state index is 0. The molecule has 1 saturated heterocycles. The summed E-state index contributed by atoms with van der Waals surface area (Å²) < 4.78 is 0. The molecule has 6 nitrogen and oxygen atoms in total. The number of anilines is 1. The lowest BCUT2D eigenvalue weighted by atomic mass is 10.1. The Labute approximate surface area is 163 Å². The van der Waals surface area contributed by atoms with Crippen LogP contribution in [0.25, 0.3) is 0 Å². The molecule has 0 saturated carbocycles. The molecule has 144 valence electrons. The molecule has 1 aromatic rings. The van der Waals surface area contributed by atoms with Crippen molar-refractivity contribution in [2.24, 2.45) is 5.92 Å². The van der Waals surface area contributed by atoms with E-state index < -0.39 is 0 Å². The van der Waals surface area contributed by atoms with Crippen molar-refractivity contribution in [3.8, 4) is 0 Å². The van der Waals surface area contributed by atoms with Crippen LogP contribution in [0.3, 0.4) is 0 Å². The molecule has 0 spiro atoms. The lowest BCUT2D eigenvalue weighted by molar-refractivity contribution is -0.135. The second kappa shape index (κ2) is 10.8. The van der Waals surface area contributed by atoms with E-state index in [9.17, 15) is 4.79 Å². The van der Waals surface area contributed by atoms with Crippen molar-refractivity contribution in [1.82, 2.24) is 20.2 Å². The van der Waals surface area contributed by atoms with Crippen LogP contribution in [0.5, 0.6) is 0 Å². The van der Waals surface area contributed by atoms with Crippen molar-refractivity contribution in [2.45, 2.75) is 33.6 Å². The third-order valence-corrected chi connectivity index (χ3v) is 4.22. The highest BCUT2D eigenvalue weighted by atomic mass is 35.5. The van der Waals surface area contributed by atoms with E-state index in [-0.39, 0.29) is 36.6 Å².